The summed E-state index contributed by atoms with van der Waals surface area (Å²) in [5, 5.41) is 0. The molecule has 0 bridgehead atoms. The van der Waals surface area contributed by atoms with E-state index in [1.54, 1.807) is 0 Å². The summed E-state index contributed by atoms with van der Waals surface area (Å²) in [6, 6.07) is 0. The van der Waals surface area contributed by atoms with E-state index in [0.29, 0.717) is 12.3 Å². The Labute approximate surface area is 101 Å². The van der Waals surface area contributed by atoms with Crippen molar-refractivity contribution in [3.63, 3.8) is 0 Å². The highest BCUT2D eigenvalue weighted by atomic mass is 16.1. The van der Waals surface area contributed by atoms with Crippen LogP contribution in [0.25, 0.3) is 0 Å². The minimum absolute atomic E-state index is 0.537. The van der Waals surface area contributed by atoms with E-state index in [2.05, 4.69) is 33.8 Å². The molecule has 0 amide bonds. The van der Waals surface area contributed by atoms with Crippen molar-refractivity contribution < 1.29 is 4.79 Å². The molecule has 0 heterocycles. The third-order valence-corrected chi connectivity index (χ3v) is 3.42. The molecular weight excluding hydrogens is 196 g/mol. The molecule has 1 atom stereocenters. The van der Waals surface area contributed by atoms with Gasteiger partial charge < -0.3 is 4.79 Å². The molecule has 0 rings (SSSR count). The molecule has 0 aliphatic rings. The van der Waals surface area contributed by atoms with Crippen molar-refractivity contribution in [3.05, 3.63) is 11.6 Å². The van der Waals surface area contributed by atoms with Crippen LogP contribution in [0.15, 0.2) is 11.6 Å². The number of aldehydes is 1. The molecule has 0 aromatic heterocycles. The van der Waals surface area contributed by atoms with Crippen LogP contribution in [0.1, 0.15) is 66.2 Å². The van der Waals surface area contributed by atoms with Gasteiger partial charge >= 0.3 is 0 Å². The molecule has 0 aliphatic heterocycles. The maximum Gasteiger partial charge on any atom is 0.120 e. The highest BCUT2D eigenvalue weighted by Crippen LogP contribution is 2.19. The molecule has 0 aromatic rings. The summed E-state index contributed by atoms with van der Waals surface area (Å²) < 4.78 is 0. The van der Waals surface area contributed by atoms with Crippen molar-refractivity contribution >= 4 is 6.29 Å². The van der Waals surface area contributed by atoms with Crippen LogP contribution < -0.4 is 0 Å². The van der Waals surface area contributed by atoms with Gasteiger partial charge in [0.15, 0.2) is 0 Å². The van der Waals surface area contributed by atoms with Crippen molar-refractivity contribution in [1.82, 2.24) is 0 Å². The normalized spacial score (nSPS) is 14.2. The number of hydrogen-bond donors (Lipinski definition) is 0. The van der Waals surface area contributed by atoms with Crippen LogP contribution in [-0.2, 0) is 4.79 Å². The quantitative estimate of drug-likeness (QED) is 0.407. The zero-order chi connectivity index (χ0) is 12.4. The monoisotopic (exact) mass is 224 g/mol. The largest absolute Gasteiger partial charge is 0.303 e. The first-order chi connectivity index (χ1) is 7.63. The molecular formula is C15H28O. The van der Waals surface area contributed by atoms with Gasteiger partial charge in [-0.25, -0.2) is 0 Å². The molecule has 94 valence electrons. The maximum atomic E-state index is 10.3. The minimum Gasteiger partial charge on any atom is -0.303 e. The minimum atomic E-state index is 0.537. The Morgan fingerprint density at radius 1 is 1.25 bits per heavy atom. The Balaban J connectivity index is 3.81. The Hall–Kier alpha value is -0.590. The smallest absolute Gasteiger partial charge is 0.120 e. The van der Waals surface area contributed by atoms with Gasteiger partial charge in [0.25, 0.3) is 0 Å². The van der Waals surface area contributed by atoms with Crippen LogP contribution >= 0.6 is 0 Å². The van der Waals surface area contributed by atoms with Gasteiger partial charge in [0.2, 0.25) is 0 Å². The molecule has 1 unspecified atom stereocenters. The summed E-state index contributed by atoms with van der Waals surface area (Å²) in [4.78, 5) is 10.3. The van der Waals surface area contributed by atoms with Crippen LogP contribution in [0, 0.1) is 11.8 Å². The fraction of sp³-hybridized carbons (Fsp3) is 0.800. The van der Waals surface area contributed by atoms with Gasteiger partial charge in [0, 0.05) is 6.42 Å². The molecule has 0 saturated heterocycles. The molecule has 0 spiro atoms. The van der Waals surface area contributed by atoms with E-state index < -0.39 is 0 Å². The summed E-state index contributed by atoms with van der Waals surface area (Å²) in [5.74, 6) is 1.39. The second kappa shape index (κ2) is 9.62. The van der Waals surface area contributed by atoms with Crippen LogP contribution in [0.4, 0.5) is 0 Å². The standard InChI is InChI=1S/C15H28O/c1-5-15(6-2)12-14(4)9-7-8-13(3)10-11-16/h9,11,13,15H,5-8,10,12H2,1-4H3/b14-9-. The predicted molar refractivity (Wildman–Crippen MR) is 71.5 cm³/mol. The van der Waals surface area contributed by atoms with Crippen LogP contribution in [0.2, 0.25) is 0 Å². The zero-order valence-electron chi connectivity index (χ0n) is 11.5. The van der Waals surface area contributed by atoms with E-state index in [-0.39, 0.29) is 0 Å². The Bertz CT molecular complexity index is 201. The van der Waals surface area contributed by atoms with Gasteiger partial charge in [-0.3, -0.25) is 0 Å². The van der Waals surface area contributed by atoms with Gasteiger partial charge in [-0.15, -0.1) is 0 Å². The maximum absolute atomic E-state index is 10.3. The predicted octanol–water partition coefficient (Wildman–Crippen LogP) is 4.76. The molecule has 0 aliphatic carbocycles. The summed E-state index contributed by atoms with van der Waals surface area (Å²) in [6.07, 6.45) is 10.2. The number of rotatable bonds is 9. The van der Waals surface area contributed by atoms with Crippen molar-refractivity contribution in [2.24, 2.45) is 11.8 Å². The number of carbonyl (C=O) groups excluding carboxylic acids is 1. The van der Waals surface area contributed by atoms with Gasteiger partial charge in [-0.2, -0.15) is 0 Å². The lowest BCUT2D eigenvalue weighted by Crippen LogP contribution is -1.98. The second-order valence-electron chi connectivity index (χ2n) is 5.02. The number of allylic oxidation sites excluding steroid dienone is 2. The van der Waals surface area contributed by atoms with Crippen LogP contribution in [0.5, 0.6) is 0 Å². The first kappa shape index (κ1) is 15.4. The molecule has 0 fully saturated rings. The Morgan fingerprint density at radius 2 is 1.88 bits per heavy atom. The van der Waals surface area contributed by atoms with Gasteiger partial charge in [0.05, 0.1) is 0 Å². The SMILES string of the molecule is CCC(CC)C/C(C)=C\CCC(C)CC=O. The third kappa shape index (κ3) is 7.67. The van der Waals surface area contributed by atoms with Crippen LogP contribution in [0.3, 0.4) is 0 Å². The molecule has 1 heteroatoms. The van der Waals surface area contributed by atoms with E-state index in [4.69, 9.17) is 0 Å². The average Bonchev–Trinajstić information content (AvgIpc) is 2.26. The lowest BCUT2D eigenvalue weighted by molar-refractivity contribution is -0.108. The average molecular weight is 224 g/mol. The summed E-state index contributed by atoms with van der Waals surface area (Å²) in [7, 11) is 0. The molecule has 0 saturated carbocycles. The first-order valence-corrected chi connectivity index (χ1v) is 6.73. The summed E-state index contributed by atoms with van der Waals surface area (Å²) in [5.41, 5.74) is 1.52. The molecule has 1 nitrogen and oxygen atoms in total. The van der Waals surface area contributed by atoms with E-state index in [9.17, 15) is 4.79 Å². The third-order valence-electron chi connectivity index (χ3n) is 3.42. The zero-order valence-corrected chi connectivity index (χ0v) is 11.5. The summed E-state index contributed by atoms with van der Waals surface area (Å²) >= 11 is 0. The second-order valence-corrected chi connectivity index (χ2v) is 5.02. The van der Waals surface area contributed by atoms with Crippen molar-refractivity contribution in [3.8, 4) is 0 Å². The van der Waals surface area contributed by atoms with E-state index >= 15 is 0 Å². The van der Waals surface area contributed by atoms with Crippen molar-refractivity contribution in [1.29, 1.82) is 0 Å². The lowest BCUT2D eigenvalue weighted by Gasteiger charge is -2.12. The highest BCUT2D eigenvalue weighted by molar-refractivity contribution is 5.49. The van der Waals surface area contributed by atoms with Gasteiger partial charge in [-0.1, -0.05) is 45.3 Å². The topological polar surface area (TPSA) is 17.1 Å². The molecule has 0 aromatic carbocycles. The fourth-order valence-corrected chi connectivity index (χ4v) is 2.01. The fourth-order valence-electron chi connectivity index (χ4n) is 2.01. The Morgan fingerprint density at radius 3 is 2.38 bits per heavy atom. The van der Waals surface area contributed by atoms with Gasteiger partial charge in [-0.05, 0) is 38.0 Å². The molecule has 16 heavy (non-hydrogen) atoms. The molecule has 0 radical (unpaired) electrons. The van der Waals surface area contributed by atoms with Crippen molar-refractivity contribution in [2.75, 3.05) is 0 Å². The Kier molecular flexibility index (Phi) is 9.27. The molecule has 0 N–H and O–H groups in total. The van der Waals surface area contributed by atoms with Gasteiger partial charge in [0.1, 0.15) is 6.29 Å². The van der Waals surface area contributed by atoms with Crippen LogP contribution in [-0.4, -0.2) is 6.29 Å². The van der Waals surface area contributed by atoms with E-state index in [1.165, 1.54) is 24.8 Å². The highest BCUT2D eigenvalue weighted by Gasteiger charge is 2.04. The number of hydrogen-bond acceptors (Lipinski definition) is 1. The van der Waals surface area contributed by atoms with Crippen molar-refractivity contribution in [2.45, 2.75) is 66.2 Å². The first-order valence-electron chi connectivity index (χ1n) is 6.73. The lowest BCUT2D eigenvalue weighted by atomic mass is 9.94. The van der Waals surface area contributed by atoms with E-state index in [1.807, 2.05) is 0 Å². The van der Waals surface area contributed by atoms with E-state index in [0.717, 1.165) is 25.0 Å². The summed E-state index contributed by atoms with van der Waals surface area (Å²) in [6.45, 7) is 8.93. The number of carbonyl (C=O) groups is 1.